The number of alkyl halides is 3. The molecule has 1 saturated heterocycles. The lowest BCUT2D eigenvalue weighted by Crippen LogP contribution is -2.52. The van der Waals surface area contributed by atoms with Crippen molar-refractivity contribution < 1.29 is 27.5 Å². The number of rotatable bonds is 5. The molecular formula is C23H25ClF3N3O3. The van der Waals surface area contributed by atoms with Gasteiger partial charge in [-0.2, -0.15) is 13.2 Å². The number of likely N-dealkylation sites (N-methyl/N-ethyl adjacent to an activating group) is 1. The van der Waals surface area contributed by atoms with E-state index in [0.29, 0.717) is 37.3 Å². The second-order valence-electron chi connectivity index (χ2n) is 7.64. The molecule has 0 spiro atoms. The number of halogens is 4. The minimum absolute atomic E-state index is 0.0210. The molecule has 0 unspecified atom stereocenters. The number of anilines is 1. The first kappa shape index (κ1) is 24.9. The first-order valence-corrected chi connectivity index (χ1v) is 10.8. The number of esters is 1. The molecule has 2 aromatic rings. The van der Waals surface area contributed by atoms with Gasteiger partial charge in [-0.3, -0.25) is 4.90 Å². The third kappa shape index (κ3) is 5.97. The summed E-state index contributed by atoms with van der Waals surface area (Å²) in [4.78, 5) is 30.2. The predicted octanol–water partition coefficient (Wildman–Crippen LogP) is 4.91. The van der Waals surface area contributed by atoms with Gasteiger partial charge >= 0.3 is 18.2 Å². The normalized spacial score (nSPS) is 14.8. The molecular weight excluding hydrogens is 459 g/mol. The predicted molar refractivity (Wildman–Crippen MR) is 120 cm³/mol. The summed E-state index contributed by atoms with van der Waals surface area (Å²) in [6.45, 7) is 5.26. The first-order valence-electron chi connectivity index (χ1n) is 10.5. The van der Waals surface area contributed by atoms with Gasteiger partial charge in [0.05, 0.1) is 29.8 Å². The summed E-state index contributed by atoms with van der Waals surface area (Å²) in [7, 11) is 1.27. The smallest absolute Gasteiger partial charge is 0.417 e. The van der Waals surface area contributed by atoms with Crippen molar-refractivity contribution in [2.24, 2.45) is 0 Å². The molecule has 3 rings (SSSR count). The van der Waals surface area contributed by atoms with Crippen LogP contribution >= 0.6 is 11.6 Å². The number of hydrogen-bond acceptors (Lipinski definition) is 4. The van der Waals surface area contributed by atoms with E-state index >= 15 is 0 Å². The zero-order valence-electron chi connectivity index (χ0n) is 18.4. The summed E-state index contributed by atoms with van der Waals surface area (Å²) in [6.07, 6.45) is -4.66. The molecule has 0 radical (unpaired) electrons. The second-order valence-corrected chi connectivity index (χ2v) is 8.05. The summed E-state index contributed by atoms with van der Waals surface area (Å²) >= 11 is 5.78. The van der Waals surface area contributed by atoms with Crippen LogP contribution in [0.4, 0.5) is 23.7 Å². The van der Waals surface area contributed by atoms with E-state index < -0.39 is 28.8 Å². The Bertz CT molecular complexity index is 991. The molecule has 0 saturated carbocycles. The minimum atomic E-state index is -4.66. The minimum Gasteiger partial charge on any atom is -0.465 e. The van der Waals surface area contributed by atoms with Crippen molar-refractivity contribution in [1.82, 2.24) is 9.80 Å². The maximum Gasteiger partial charge on any atom is 0.417 e. The monoisotopic (exact) mass is 483 g/mol. The molecule has 33 heavy (non-hydrogen) atoms. The Balaban J connectivity index is 1.93. The van der Waals surface area contributed by atoms with E-state index in [9.17, 15) is 22.8 Å². The molecule has 0 N–H and O–H groups in total. The van der Waals surface area contributed by atoms with Crippen LogP contribution in [0.1, 0.15) is 28.4 Å². The van der Waals surface area contributed by atoms with Gasteiger partial charge in [0.1, 0.15) is 0 Å². The molecule has 1 aliphatic heterocycles. The van der Waals surface area contributed by atoms with E-state index in [4.69, 9.17) is 11.6 Å². The molecule has 0 bridgehead atoms. The van der Waals surface area contributed by atoms with Gasteiger partial charge < -0.3 is 14.5 Å². The van der Waals surface area contributed by atoms with Crippen LogP contribution in [-0.2, 0) is 17.5 Å². The Morgan fingerprint density at radius 2 is 1.70 bits per heavy atom. The Morgan fingerprint density at radius 3 is 2.24 bits per heavy atom. The number of nitrogens with zero attached hydrogens (tertiary/aromatic N) is 3. The first-order chi connectivity index (χ1) is 15.6. The summed E-state index contributed by atoms with van der Waals surface area (Å²) in [5, 5.41) is -0.433. The SMILES string of the molecule is CCN1CCN(C(=O)N(Cc2ccc(C(=O)OC)cc2)c2ccc(Cl)c(C(F)(F)F)c2)CC1. The van der Waals surface area contributed by atoms with Gasteiger partial charge in [0, 0.05) is 31.9 Å². The van der Waals surface area contributed by atoms with Crippen LogP contribution in [0.15, 0.2) is 42.5 Å². The number of benzene rings is 2. The van der Waals surface area contributed by atoms with Gasteiger partial charge in [-0.15, -0.1) is 0 Å². The number of ether oxygens (including phenoxy) is 1. The Labute approximate surface area is 195 Å². The zero-order chi connectivity index (χ0) is 24.2. The quantitative estimate of drug-likeness (QED) is 0.567. The zero-order valence-corrected chi connectivity index (χ0v) is 19.1. The van der Waals surface area contributed by atoms with Gasteiger partial charge in [-0.05, 0) is 42.4 Å². The maximum atomic E-state index is 13.5. The van der Waals surface area contributed by atoms with Crippen LogP contribution in [-0.4, -0.2) is 61.6 Å². The van der Waals surface area contributed by atoms with Gasteiger partial charge in [0.15, 0.2) is 0 Å². The maximum absolute atomic E-state index is 13.5. The fourth-order valence-corrected chi connectivity index (χ4v) is 3.87. The van der Waals surface area contributed by atoms with E-state index in [1.54, 1.807) is 29.2 Å². The second kappa shape index (κ2) is 10.4. The van der Waals surface area contributed by atoms with Crippen molar-refractivity contribution >= 4 is 29.3 Å². The van der Waals surface area contributed by atoms with Crippen molar-refractivity contribution in [3.8, 4) is 0 Å². The lowest BCUT2D eigenvalue weighted by molar-refractivity contribution is -0.137. The number of carbonyl (C=O) groups is 2. The van der Waals surface area contributed by atoms with Crippen LogP contribution in [0.5, 0.6) is 0 Å². The molecule has 1 fully saturated rings. The third-order valence-corrected chi connectivity index (χ3v) is 5.93. The molecule has 2 aromatic carbocycles. The third-order valence-electron chi connectivity index (χ3n) is 5.60. The number of piperazine rings is 1. The highest BCUT2D eigenvalue weighted by atomic mass is 35.5. The topological polar surface area (TPSA) is 53.1 Å². The van der Waals surface area contributed by atoms with E-state index in [2.05, 4.69) is 9.64 Å². The van der Waals surface area contributed by atoms with E-state index in [-0.39, 0.29) is 12.2 Å². The van der Waals surface area contributed by atoms with E-state index in [0.717, 1.165) is 18.7 Å². The molecule has 1 heterocycles. The van der Waals surface area contributed by atoms with Crippen LogP contribution in [0.3, 0.4) is 0 Å². The summed E-state index contributed by atoms with van der Waals surface area (Å²) in [5.41, 5.74) is 0.0652. The van der Waals surface area contributed by atoms with Crippen molar-refractivity contribution in [1.29, 1.82) is 0 Å². The summed E-state index contributed by atoms with van der Waals surface area (Å²) in [6, 6.07) is 9.43. The number of hydrogen-bond donors (Lipinski definition) is 0. The molecule has 0 aliphatic carbocycles. The average Bonchev–Trinajstić information content (AvgIpc) is 2.81. The molecule has 1 aliphatic rings. The Hall–Kier alpha value is -2.78. The van der Waals surface area contributed by atoms with Crippen molar-refractivity contribution in [2.75, 3.05) is 44.7 Å². The van der Waals surface area contributed by atoms with Crippen LogP contribution < -0.4 is 4.90 Å². The molecule has 2 amide bonds. The highest BCUT2D eigenvalue weighted by molar-refractivity contribution is 6.31. The van der Waals surface area contributed by atoms with Crippen molar-refractivity contribution in [2.45, 2.75) is 19.6 Å². The Kier molecular flexibility index (Phi) is 7.86. The molecule has 10 heteroatoms. The standard InChI is InChI=1S/C23H25ClF3N3O3/c1-3-28-10-12-29(13-11-28)22(32)30(15-16-4-6-17(7-5-16)21(31)33-2)18-8-9-20(24)19(14-18)23(25,26)27/h4-9,14H,3,10-13,15H2,1-2H3. The lowest BCUT2D eigenvalue weighted by atomic mass is 10.1. The van der Waals surface area contributed by atoms with Gasteiger partial charge in [-0.1, -0.05) is 30.7 Å². The van der Waals surface area contributed by atoms with Crippen molar-refractivity contribution in [3.05, 3.63) is 64.2 Å². The lowest BCUT2D eigenvalue weighted by Gasteiger charge is -2.37. The Morgan fingerprint density at radius 1 is 1.06 bits per heavy atom. The highest BCUT2D eigenvalue weighted by Crippen LogP contribution is 2.37. The summed E-state index contributed by atoms with van der Waals surface area (Å²) in [5.74, 6) is -0.504. The van der Waals surface area contributed by atoms with Gasteiger partial charge in [0.25, 0.3) is 0 Å². The molecule has 178 valence electrons. The van der Waals surface area contributed by atoms with Gasteiger partial charge in [-0.25, -0.2) is 9.59 Å². The van der Waals surface area contributed by atoms with Crippen LogP contribution in [0.2, 0.25) is 5.02 Å². The molecule has 0 aromatic heterocycles. The average molecular weight is 484 g/mol. The fraction of sp³-hybridized carbons (Fsp3) is 0.391. The van der Waals surface area contributed by atoms with E-state index in [1.807, 2.05) is 6.92 Å². The fourth-order valence-electron chi connectivity index (χ4n) is 3.64. The molecule has 0 atom stereocenters. The molecule has 6 nitrogen and oxygen atoms in total. The number of methoxy groups -OCH3 is 1. The van der Waals surface area contributed by atoms with Crippen molar-refractivity contribution in [3.63, 3.8) is 0 Å². The number of urea groups is 1. The number of amides is 2. The van der Waals surface area contributed by atoms with Gasteiger partial charge in [0.2, 0.25) is 0 Å². The van der Waals surface area contributed by atoms with Crippen LogP contribution in [0.25, 0.3) is 0 Å². The summed E-state index contributed by atoms with van der Waals surface area (Å²) < 4.78 is 45.1. The van der Waals surface area contributed by atoms with E-state index in [1.165, 1.54) is 18.1 Å². The highest BCUT2D eigenvalue weighted by Gasteiger charge is 2.35. The largest absolute Gasteiger partial charge is 0.465 e. The van der Waals surface area contributed by atoms with Crippen LogP contribution in [0, 0.1) is 0 Å². The number of carbonyl (C=O) groups excluding carboxylic acids is 2.